The van der Waals surface area contributed by atoms with E-state index in [-0.39, 0.29) is 18.0 Å². The summed E-state index contributed by atoms with van der Waals surface area (Å²) in [5.41, 5.74) is 2.23. The minimum Gasteiger partial charge on any atom is -0.354 e. The van der Waals surface area contributed by atoms with Crippen LogP contribution in [-0.2, 0) is 0 Å². The van der Waals surface area contributed by atoms with Gasteiger partial charge in [0.15, 0.2) is 0 Å². The van der Waals surface area contributed by atoms with Gasteiger partial charge in [-0.1, -0.05) is 6.07 Å². The second-order valence-corrected chi connectivity index (χ2v) is 6.78. The Morgan fingerprint density at radius 1 is 1.19 bits per heavy atom. The van der Waals surface area contributed by atoms with Gasteiger partial charge in [0.05, 0.1) is 11.3 Å². The highest BCUT2D eigenvalue weighted by atomic mass is 19.1. The first-order valence-electron chi connectivity index (χ1n) is 8.79. The molecule has 1 atom stereocenters. The number of carbonyl (C=O) groups excluding carboxylic acids is 2. The first-order valence-corrected chi connectivity index (χ1v) is 8.79. The van der Waals surface area contributed by atoms with E-state index in [0.717, 1.165) is 31.5 Å². The zero-order valence-corrected chi connectivity index (χ0v) is 14.5. The van der Waals surface area contributed by atoms with Crippen molar-refractivity contribution >= 4 is 23.2 Å². The van der Waals surface area contributed by atoms with Crippen LogP contribution in [0.3, 0.4) is 0 Å². The molecule has 2 aromatic carbocycles. The van der Waals surface area contributed by atoms with Crippen LogP contribution in [-0.4, -0.2) is 36.5 Å². The number of nitrogens with zero attached hydrogens (tertiary/aromatic N) is 2. The predicted octanol–water partition coefficient (Wildman–Crippen LogP) is 3.48. The number of rotatable bonds is 2. The summed E-state index contributed by atoms with van der Waals surface area (Å²) in [6, 6.07) is 10.9. The molecule has 2 aliphatic rings. The smallest absolute Gasteiger partial charge is 0.257 e. The van der Waals surface area contributed by atoms with E-state index in [4.69, 9.17) is 0 Å². The van der Waals surface area contributed by atoms with Crippen LogP contribution >= 0.6 is 0 Å². The SMILES string of the molecule is CN1c2cc(C(=O)Nc3cccc(F)c3)ccc2C(=O)N2CCCC[C@H]21. The van der Waals surface area contributed by atoms with E-state index in [1.54, 1.807) is 30.3 Å². The van der Waals surface area contributed by atoms with Crippen LogP contribution in [0.2, 0.25) is 0 Å². The molecule has 0 aliphatic carbocycles. The maximum atomic E-state index is 13.3. The van der Waals surface area contributed by atoms with Crippen molar-refractivity contribution in [2.45, 2.75) is 25.4 Å². The van der Waals surface area contributed by atoms with Crippen molar-refractivity contribution in [2.75, 3.05) is 23.8 Å². The molecule has 0 saturated carbocycles. The number of piperidine rings is 1. The van der Waals surface area contributed by atoms with Crippen LogP contribution in [0.15, 0.2) is 42.5 Å². The van der Waals surface area contributed by atoms with Gasteiger partial charge in [0, 0.05) is 24.8 Å². The lowest BCUT2D eigenvalue weighted by Crippen LogP contribution is -2.55. The monoisotopic (exact) mass is 353 g/mol. The summed E-state index contributed by atoms with van der Waals surface area (Å²) in [4.78, 5) is 29.3. The fourth-order valence-electron chi connectivity index (χ4n) is 3.78. The molecule has 0 spiro atoms. The van der Waals surface area contributed by atoms with Crippen LogP contribution in [0.5, 0.6) is 0 Å². The molecule has 0 bridgehead atoms. The third-order valence-electron chi connectivity index (χ3n) is 5.13. The van der Waals surface area contributed by atoms with Crippen LogP contribution in [0, 0.1) is 5.82 Å². The van der Waals surface area contributed by atoms with Crippen molar-refractivity contribution in [1.82, 2.24) is 4.90 Å². The summed E-state index contributed by atoms with van der Waals surface area (Å²) in [6.07, 6.45) is 3.10. The lowest BCUT2D eigenvalue weighted by molar-refractivity contribution is 0.0589. The molecule has 2 aromatic rings. The largest absolute Gasteiger partial charge is 0.354 e. The third-order valence-corrected chi connectivity index (χ3v) is 5.13. The van der Waals surface area contributed by atoms with Crippen molar-refractivity contribution in [1.29, 1.82) is 0 Å². The molecule has 5 nitrogen and oxygen atoms in total. The molecule has 2 amide bonds. The summed E-state index contributed by atoms with van der Waals surface area (Å²) < 4.78 is 13.3. The molecule has 134 valence electrons. The number of carbonyl (C=O) groups is 2. The molecule has 1 N–H and O–H groups in total. The van der Waals surface area contributed by atoms with Gasteiger partial charge in [-0.15, -0.1) is 0 Å². The van der Waals surface area contributed by atoms with Gasteiger partial charge in [-0.2, -0.15) is 0 Å². The second-order valence-electron chi connectivity index (χ2n) is 6.78. The van der Waals surface area contributed by atoms with Crippen LogP contribution in [0.4, 0.5) is 15.8 Å². The molecule has 1 saturated heterocycles. The van der Waals surface area contributed by atoms with E-state index in [9.17, 15) is 14.0 Å². The van der Waals surface area contributed by atoms with Crippen LogP contribution in [0.25, 0.3) is 0 Å². The summed E-state index contributed by atoms with van der Waals surface area (Å²) >= 11 is 0. The van der Waals surface area contributed by atoms with E-state index >= 15 is 0 Å². The van der Waals surface area contributed by atoms with Gasteiger partial charge in [0.1, 0.15) is 12.0 Å². The van der Waals surface area contributed by atoms with Gasteiger partial charge in [0.25, 0.3) is 11.8 Å². The van der Waals surface area contributed by atoms with Gasteiger partial charge in [0.2, 0.25) is 0 Å². The first-order chi connectivity index (χ1) is 12.5. The third kappa shape index (κ3) is 2.81. The second kappa shape index (κ2) is 6.44. The Bertz CT molecular complexity index is 883. The summed E-state index contributed by atoms with van der Waals surface area (Å²) in [5.74, 6) is -0.707. The van der Waals surface area contributed by atoms with Crippen LogP contribution < -0.4 is 10.2 Å². The minimum absolute atomic E-state index is 0.0277. The van der Waals surface area contributed by atoms with E-state index in [0.29, 0.717) is 16.8 Å². The molecule has 26 heavy (non-hydrogen) atoms. The van der Waals surface area contributed by atoms with Crippen molar-refractivity contribution < 1.29 is 14.0 Å². The summed E-state index contributed by atoms with van der Waals surface area (Å²) in [7, 11) is 1.96. The number of benzene rings is 2. The number of amides is 2. The van der Waals surface area contributed by atoms with E-state index in [2.05, 4.69) is 10.2 Å². The topological polar surface area (TPSA) is 52.7 Å². The Hall–Kier alpha value is -2.89. The minimum atomic E-state index is -0.407. The lowest BCUT2D eigenvalue weighted by atomic mass is 9.97. The number of hydrogen-bond donors (Lipinski definition) is 1. The Morgan fingerprint density at radius 3 is 2.85 bits per heavy atom. The molecule has 6 heteroatoms. The number of nitrogens with one attached hydrogen (secondary N) is 1. The Kier molecular flexibility index (Phi) is 4.11. The summed E-state index contributed by atoms with van der Waals surface area (Å²) in [5, 5.41) is 2.70. The maximum absolute atomic E-state index is 13.3. The quantitative estimate of drug-likeness (QED) is 0.899. The average Bonchev–Trinajstić information content (AvgIpc) is 2.65. The number of anilines is 2. The maximum Gasteiger partial charge on any atom is 0.257 e. The standard InChI is InChI=1S/C20H20FN3O2/c1-23-17-11-13(19(25)22-15-6-4-5-14(21)12-15)8-9-16(17)20(26)24-10-3-2-7-18(23)24/h4-6,8-9,11-12,18H,2-3,7,10H2,1H3,(H,22,25)/t18-/m0/s1. The molecule has 0 unspecified atom stereocenters. The summed E-state index contributed by atoms with van der Waals surface area (Å²) in [6.45, 7) is 0.773. The van der Waals surface area contributed by atoms with Crippen molar-refractivity contribution in [3.05, 3.63) is 59.4 Å². The first kappa shape index (κ1) is 16.6. The zero-order chi connectivity index (χ0) is 18.3. The number of halogens is 1. The van der Waals surface area contributed by atoms with Crippen molar-refractivity contribution in [3.63, 3.8) is 0 Å². The highest BCUT2D eigenvalue weighted by Crippen LogP contribution is 2.34. The Labute approximate surface area is 151 Å². The fourth-order valence-corrected chi connectivity index (χ4v) is 3.78. The molecule has 1 fully saturated rings. The zero-order valence-electron chi connectivity index (χ0n) is 14.5. The molecule has 2 heterocycles. The van der Waals surface area contributed by atoms with Crippen LogP contribution in [0.1, 0.15) is 40.0 Å². The lowest BCUT2D eigenvalue weighted by Gasteiger charge is -2.46. The van der Waals surface area contributed by atoms with Gasteiger partial charge >= 0.3 is 0 Å². The van der Waals surface area contributed by atoms with Gasteiger partial charge in [-0.3, -0.25) is 9.59 Å². The number of hydrogen-bond acceptors (Lipinski definition) is 3. The van der Waals surface area contributed by atoms with Gasteiger partial charge in [-0.05, 0) is 55.7 Å². The number of fused-ring (bicyclic) bond motifs is 2. The molecular formula is C20H20FN3O2. The highest BCUT2D eigenvalue weighted by Gasteiger charge is 2.37. The predicted molar refractivity (Wildman–Crippen MR) is 97.9 cm³/mol. The van der Waals surface area contributed by atoms with Crippen molar-refractivity contribution in [2.24, 2.45) is 0 Å². The molecule has 0 aromatic heterocycles. The average molecular weight is 353 g/mol. The Balaban J connectivity index is 1.63. The molecular weight excluding hydrogens is 333 g/mol. The van der Waals surface area contributed by atoms with E-state index in [1.807, 2.05) is 11.9 Å². The van der Waals surface area contributed by atoms with Crippen molar-refractivity contribution in [3.8, 4) is 0 Å². The Morgan fingerprint density at radius 2 is 2.04 bits per heavy atom. The molecule has 2 aliphatic heterocycles. The van der Waals surface area contributed by atoms with E-state index < -0.39 is 5.82 Å². The highest BCUT2D eigenvalue weighted by molar-refractivity contribution is 6.08. The van der Waals surface area contributed by atoms with E-state index in [1.165, 1.54) is 12.1 Å². The van der Waals surface area contributed by atoms with Gasteiger partial charge < -0.3 is 15.1 Å². The van der Waals surface area contributed by atoms with Gasteiger partial charge in [-0.25, -0.2) is 4.39 Å². The molecule has 0 radical (unpaired) electrons. The molecule has 4 rings (SSSR count). The fraction of sp³-hybridized carbons (Fsp3) is 0.300. The normalized spacial score (nSPS) is 19.0.